The molecule has 0 spiro atoms. The van der Waals surface area contributed by atoms with Crippen molar-refractivity contribution in [3.8, 4) is 5.75 Å². The number of carboxylic acids is 1. The van der Waals surface area contributed by atoms with Crippen LogP contribution < -0.4 is 15.4 Å². The Kier molecular flexibility index (Phi) is 9.59. The Morgan fingerprint density at radius 3 is 2.26 bits per heavy atom. The highest BCUT2D eigenvalue weighted by Gasteiger charge is 2.43. The Labute approximate surface area is 221 Å². The number of likely N-dealkylation sites (tertiary alicyclic amines) is 1. The fourth-order valence-electron chi connectivity index (χ4n) is 4.55. The third-order valence-electron chi connectivity index (χ3n) is 6.62. The van der Waals surface area contributed by atoms with Gasteiger partial charge in [-0.1, -0.05) is 44.2 Å². The summed E-state index contributed by atoms with van der Waals surface area (Å²) in [5.41, 5.74) is 1.30. The second-order valence-corrected chi connectivity index (χ2v) is 9.62. The van der Waals surface area contributed by atoms with Crippen molar-refractivity contribution >= 4 is 30.0 Å². The van der Waals surface area contributed by atoms with Crippen LogP contribution in [0.25, 0.3) is 0 Å². The minimum absolute atomic E-state index is 0.157. The zero-order valence-corrected chi connectivity index (χ0v) is 21.6. The number of ether oxygens (including phenoxy) is 1. The molecule has 3 rings (SSSR count). The molecule has 1 aliphatic heterocycles. The third kappa shape index (κ3) is 6.96. The third-order valence-corrected chi connectivity index (χ3v) is 6.62. The SMILES string of the molecule is COc1ccc(C(=O)N[C@H](C(=O)N2C[C@H](c3ccccc3)C[C@H]2C(=O)N[C@H](C=O)CC(=O)O)C(C)C)cc1. The van der Waals surface area contributed by atoms with E-state index in [0.717, 1.165) is 5.56 Å². The normalized spacial score (nSPS) is 18.4. The molecule has 1 saturated heterocycles. The second-order valence-electron chi connectivity index (χ2n) is 9.62. The van der Waals surface area contributed by atoms with Gasteiger partial charge in [0.1, 0.15) is 24.1 Å². The number of hydrogen-bond donors (Lipinski definition) is 3. The number of nitrogens with one attached hydrogen (secondary N) is 2. The molecule has 0 bridgehead atoms. The molecule has 0 aromatic heterocycles. The number of hydrogen-bond acceptors (Lipinski definition) is 6. The Balaban J connectivity index is 1.85. The van der Waals surface area contributed by atoms with Crippen LogP contribution in [0.15, 0.2) is 54.6 Å². The molecule has 1 aliphatic rings. The van der Waals surface area contributed by atoms with Crippen LogP contribution in [0.4, 0.5) is 0 Å². The monoisotopic (exact) mass is 523 g/mol. The quantitative estimate of drug-likeness (QED) is 0.382. The summed E-state index contributed by atoms with van der Waals surface area (Å²) in [6.07, 6.45) is 0.0931. The smallest absolute Gasteiger partial charge is 0.305 e. The molecule has 2 aromatic rings. The lowest BCUT2D eigenvalue weighted by atomic mass is 9.96. The molecular weight excluding hydrogens is 490 g/mol. The van der Waals surface area contributed by atoms with Crippen molar-refractivity contribution in [1.29, 1.82) is 0 Å². The molecule has 4 atom stereocenters. The number of carbonyl (C=O) groups excluding carboxylic acids is 4. The molecule has 10 heteroatoms. The van der Waals surface area contributed by atoms with Crippen molar-refractivity contribution in [2.24, 2.45) is 5.92 Å². The van der Waals surface area contributed by atoms with E-state index < -0.39 is 48.2 Å². The van der Waals surface area contributed by atoms with Crippen molar-refractivity contribution in [2.75, 3.05) is 13.7 Å². The minimum atomic E-state index is -1.23. The molecule has 202 valence electrons. The highest BCUT2D eigenvalue weighted by atomic mass is 16.5. The van der Waals surface area contributed by atoms with Crippen LogP contribution in [-0.2, 0) is 19.2 Å². The molecule has 3 N–H and O–H groups in total. The van der Waals surface area contributed by atoms with E-state index in [-0.39, 0.29) is 24.8 Å². The highest BCUT2D eigenvalue weighted by molar-refractivity contribution is 5.99. The Hall–Kier alpha value is -4.21. The number of carbonyl (C=O) groups is 5. The molecule has 38 heavy (non-hydrogen) atoms. The average molecular weight is 524 g/mol. The van der Waals surface area contributed by atoms with Crippen LogP contribution in [0.5, 0.6) is 5.75 Å². The topological polar surface area (TPSA) is 142 Å². The van der Waals surface area contributed by atoms with E-state index in [1.54, 1.807) is 38.1 Å². The molecule has 1 fully saturated rings. The van der Waals surface area contributed by atoms with Gasteiger partial charge in [0.25, 0.3) is 5.91 Å². The molecule has 0 saturated carbocycles. The number of aliphatic carboxylic acids is 1. The molecule has 0 aliphatic carbocycles. The Bertz CT molecular complexity index is 1150. The van der Waals surface area contributed by atoms with E-state index in [2.05, 4.69) is 10.6 Å². The highest BCUT2D eigenvalue weighted by Crippen LogP contribution is 2.33. The second kappa shape index (κ2) is 12.8. The fraction of sp³-hybridized carbons (Fsp3) is 0.393. The van der Waals surface area contributed by atoms with Crippen LogP contribution in [0.2, 0.25) is 0 Å². The van der Waals surface area contributed by atoms with Gasteiger partial charge in [-0.2, -0.15) is 0 Å². The first-order chi connectivity index (χ1) is 18.1. The van der Waals surface area contributed by atoms with Crippen LogP contribution in [0.1, 0.15) is 48.5 Å². The maximum Gasteiger partial charge on any atom is 0.305 e. The Morgan fingerprint density at radius 2 is 1.71 bits per heavy atom. The molecule has 2 aromatic carbocycles. The van der Waals surface area contributed by atoms with Crippen LogP contribution in [0.3, 0.4) is 0 Å². The van der Waals surface area contributed by atoms with E-state index in [4.69, 9.17) is 9.84 Å². The molecular formula is C28H33N3O7. The van der Waals surface area contributed by atoms with Gasteiger partial charge >= 0.3 is 5.97 Å². The van der Waals surface area contributed by atoms with Gasteiger partial charge in [0.2, 0.25) is 11.8 Å². The zero-order chi connectivity index (χ0) is 27.8. The summed E-state index contributed by atoms with van der Waals surface area (Å²) in [6, 6.07) is 12.8. The van der Waals surface area contributed by atoms with Gasteiger partial charge in [-0.05, 0) is 42.2 Å². The lowest BCUT2D eigenvalue weighted by Crippen LogP contribution is -2.56. The largest absolute Gasteiger partial charge is 0.497 e. The van der Waals surface area contributed by atoms with Crippen LogP contribution in [-0.4, -0.2) is 71.8 Å². The predicted octanol–water partition coefficient (Wildman–Crippen LogP) is 1.99. The number of amides is 3. The molecule has 0 unspecified atom stereocenters. The van der Waals surface area contributed by atoms with Gasteiger partial charge in [0.15, 0.2) is 0 Å². The predicted molar refractivity (Wildman–Crippen MR) is 139 cm³/mol. The Morgan fingerprint density at radius 1 is 1.05 bits per heavy atom. The maximum absolute atomic E-state index is 13.8. The molecule has 0 radical (unpaired) electrons. The van der Waals surface area contributed by atoms with Gasteiger partial charge < -0.3 is 30.2 Å². The summed E-state index contributed by atoms with van der Waals surface area (Å²) >= 11 is 0. The van der Waals surface area contributed by atoms with Crippen LogP contribution in [0, 0.1) is 5.92 Å². The summed E-state index contributed by atoms with van der Waals surface area (Å²) in [7, 11) is 1.52. The zero-order valence-electron chi connectivity index (χ0n) is 21.6. The summed E-state index contributed by atoms with van der Waals surface area (Å²) in [6.45, 7) is 3.82. The van der Waals surface area contributed by atoms with Gasteiger partial charge in [-0.25, -0.2) is 0 Å². The van der Waals surface area contributed by atoms with Crippen molar-refractivity contribution in [3.63, 3.8) is 0 Å². The lowest BCUT2D eigenvalue weighted by Gasteiger charge is -2.31. The number of nitrogens with zero attached hydrogens (tertiary/aromatic N) is 1. The number of carboxylic acid groups (broad SMARTS) is 1. The summed E-state index contributed by atoms with van der Waals surface area (Å²) in [5, 5.41) is 14.3. The number of benzene rings is 2. The van der Waals surface area contributed by atoms with E-state index in [0.29, 0.717) is 17.6 Å². The van der Waals surface area contributed by atoms with E-state index in [1.165, 1.54) is 12.0 Å². The molecule has 1 heterocycles. The standard InChI is InChI=1S/C28H33N3O7/c1-17(2)25(30-26(35)19-9-11-22(38-3)12-10-19)28(37)31-15-20(18-7-5-4-6-8-18)13-23(31)27(36)29-21(16-32)14-24(33)34/h4-12,16-17,20-21,23,25H,13-15H2,1-3H3,(H,29,36)(H,30,35)(H,33,34)/t20-,21+,23+,25+/m1/s1. The average Bonchev–Trinajstić information content (AvgIpc) is 3.37. The van der Waals surface area contributed by atoms with Gasteiger partial charge in [0, 0.05) is 18.0 Å². The molecule has 10 nitrogen and oxygen atoms in total. The van der Waals surface area contributed by atoms with Crippen molar-refractivity contribution in [2.45, 2.75) is 50.7 Å². The number of rotatable bonds is 11. The van der Waals surface area contributed by atoms with Gasteiger partial charge in [0.05, 0.1) is 19.6 Å². The lowest BCUT2D eigenvalue weighted by molar-refractivity contribution is -0.142. The fourth-order valence-corrected chi connectivity index (χ4v) is 4.55. The number of methoxy groups -OCH3 is 1. The molecule has 3 amide bonds. The van der Waals surface area contributed by atoms with E-state index in [9.17, 15) is 24.0 Å². The summed E-state index contributed by atoms with van der Waals surface area (Å²) < 4.78 is 5.13. The summed E-state index contributed by atoms with van der Waals surface area (Å²) in [5.74, 6) is -2.58. The maximum atomic E-state index is 13.8. The van der Waals surface area contributed by atoms with E-state index >= 15 is 0 Å². The minimum Gasteiger partial charge on any atom is -0.497 e. The summed E-state index contributed by atoms with van der Waals surface area (Å²) in [4.78, 5) is 63.9. The van der Waals surface area contributed by atoms with Crippen molar-refractivity contribution < 1.29 is 33.8 Å². The van der Waals surface area contributed by atoms with Crippen LogP contribution >= 0.6 is 0 Å². The van der Waals surface area contributed by atoms with Crippen molar-refractivity contribution in [1.82, 2.24) is 15.5 Å². The number of aldehydes is 1. The first-order valence-electron chi connectivity index (χ1n) is 12.4. The van der Waals surface area contributed by atoms with Gasteiger partial charge in [-0.15, -0.1) is 0 Å². The van der Waals surface area contributed by atoms with E-state index in [1.807, 2.05) is 30.3 Å². The van der Waals surface area contributed by atoms with Crippen molar-refractivity contribution in [3.05, 3.63) is 65.7 Å². The van der Waals surface area contributed by atoms with Gasteiger partial charge in [-0.3, -0.25) is 19.2 Å². The first-order valence-corrected chi connectivity index (χ1v) is 12.4. The first kappa shape index (κ1) is 28.4.